The van der Waals surface area contributed by atoms with Gasteiger partial charge in [-0.25, -0.2) is 14.4 Å². The summed E-state index contributed by atoms with van der Waals surface area (Å²) in [6, 6.07) is 11.4. The van der Waals surface area contributed by atoms with Crippen LogP contribution in [0.15, 0.2) is 52.2 Å². The molecule has 2 aromatic carbocycles. The van der Waals surface area contributed by atoms with Crippen LogP contribution in [0.2, 0.25) is 5.02 Å². The van der Waals surface area contributed by atoms with Crippen molar-refractivity contribution in [2.45, 2.75) is 26.4 Å². The Bertz CT molecular complexity index is 1360. The predicted molar refractivity (Wildman–Crippen MR) is 125 cm³/mol. The van der Waals surface area contributed by atoms with Gasteiger partial charge in [0.1, 0.15) is 18.2 Å². The van der Waals surface area contributed by atoms with Crippen molar-refractivity contribution in [2.75, 3.05) is 5.73 Å². The van der Waals surface area contributed by atoms with E-state index in [2.05, 4.69) is 35.8 Å². The van der Waals surface area contributed by atoms with E-state index in [1.54, 1.807) is 30.3 Å². The number of benzene rings is 2. The van der Waals surface area contributed by atoms with E-state index in [4.69, 9.17) is 22.1 Å². The summed E-state index contributed by atoms with van der Waals surface area (Å²) in [6.45, 7) is 3.63. The molecule has 0 unspecified atom stereocenters. The molecule has 2 heterocycles. The van der Waals surface area contributed by atoms with Crippen LogP contribution in [0, 0.1) is 5.82 Å². The van der Waals surface area contributed by atoms with Crippen LogP contribution in [0.3, 0.4) is 0 Å². The number of nitrogens with zero attached hydrogens (tertiary/aromatic N) is 6. The first-order valence-corrected chi connectivity index (χ1v) is 10.8. The first-order chi connectivity index (χ1) is 16.9. The minimum absolute atomic E-state index is 0.00931. The van der Waals surface area contributed by atoms with E-state index in [1.807, 2.05) is 13.8 Å². The average molecular weight is 499 g/mol. The lowest BCUT2D eigenvalue weighted by Gasteiger charge is -2.11. The average Bonchev–Trinajstić information content (AvgIpc) is 3.45. The molecule has 0 spiro atoms. The number of para-hydroxylation sites is 1. The SMILES string of the molecule is CC(C)c1c(C(=O)N/N=C\c2ccccc2OCc2c(F)cccc2Cl)nnn1-c1nonc1N. The van der Waals surface area contributed by atoms with Gasteiger partial charge in [-0.15, -0.1) is 5.10 Å². The van der Waals surface area contributed by atoms with Crippen molar-refractivity contribution in [1.82, 2.24) is 30.7 Å². The Balaban J connectivity index is 1.49. The first kappa shape index (κ1) is 23.8. The topological polar surface area (TPSA) is 146 Å². The zero-order valence-corrected chi connectivity index (χ0v) is 19.4. The molecule has 0 aliphatic carbocycles. The molecule has 4 aromatic rings. The van der Waals surface area contributed by atoms with E-state index in [0.717, 1.165) is 0 Å². The zero-order valence-electron chi connectivity index (χ0n) is 18.6. The molecule has 13 heteroatoms. The van der Waals surface area contributed by atoms with E-state index in [0.29, 0.717) is 17.0 Å². The van der Waals surface area contributed by atoms with Crippen LogP contribution in [0.1, 0.15) is 47.1 Å². The van der Waals surface area contributed by atoms with Gasteiger partial charge >= 0.3 is 0 Å². The summed E-state index contributed by atoms with van der Waals surface area (Å²) >= 11 is 6.06. The molecule has 3 N–H and O–H groups in total. The number of hydrazone groups is 1. The minimum Gasteiger partial charge on any atom is -0.488 e. The Kier molecular flexibility index (Phi) is 7.01. The van der Waals surface area contributed by atoms with Gasteiger partial charge in [-0.3, -0.25) is 4.79 Å². The van der Waals surface area contributed by atoms with Crippen molar-refractivity contribution < 1.29 is 18.6 Å². The van der Waals surface area contributed by atoms with Gasteiger partial charge in [-0.2, -0.15) is 9.78 Å². The van der Waals surface area contributed by atoms with E-state index in [1.165, 1.54) is 23.0 Å². The zero-order chi connectivity index (χ0) is 24.9. The second-order valence-electron chi connectivity index (χ2n) is 7.59. The van der Waals surface area contributed by atoms with Crippen molar-refractivity contribution in [3.63, 3.8) is 0 Å². The molecule has 0 fully saturated rings. The van der Waals surface area contributed by atoms with Gasteiger partial charge in [0.25, 0.3) is 5.91 Å². The Morgan fingerprint density at radius 2 is 2.09 bits per heavy atom. The number of nitrogen functional groups attached to an aromatic ring is 1. The molecule has 0 atom stereocenters. The lowest BCUT2D eigenvalue weighted by Crippen LogP contribution is -2.21. The molecular formula is C22H20ClFN8O3. The number of halogens is 2. The quantitative estimate of drug-likeness (QED) is 0.277. The Morgan fingerprint density at radius 3 is 2.80 bits per heavy atom. The van der Waals surface area contributed by atoms with Crippen LogP contribution >= 0.6 is 11.6 Å². The van der Waals surface area contributed by atoms with E-state index >= 15 is 0 Å². The third-order valence-corrected chi connectivity index (χ3v) is 5.24. The highest BCUT2D eigenvalue weighted by molar-refractivity contribution is 6.31. The predicted octanol–water partition coefficient (Wildman–Crippen LogP) is 3.49. The molecule has 1 amide bonds. The van der Waals surface area contributed by atoms with Crippen LogP contribution in [0.5, 0.6) is 5.75 Å². The molecule has 0 radical (unpaired) electrons. The summed E-state index contributed by atoms with van der Waals surface area (Å²) in [5.41, 5.74) is 9.44. The molecule has 0 bridgehead atoms. The van der Waals surface area contributed by atoms with Crippen molar-refractivity contribution in [3.05, 3.63) is 75.8 Å². The lowest BCUT2D eigenvalue weighted by molar-refractivity contribution is 0.0948. The summed E-state index contributed by atoms with van der Waals surface area (Å²) < 4.78 is 25.7. The highest BCUT2D eigenvalue weighted by atomic mass is 35.5. The van der Waals surface area contributed by atoms with E-state index in [-0.39, 0.29) is 40.4 Å². The monoisotopic (exact) mass is 498 g/mol. The fourth-order valence-corrected chi connectivity index (χ4v) is 3.43. The maximum atomic E-state index is 14.0. The van der Waals surface area contributed by atoms with Crippen molar-refractivity contribution in [1.29, 1.82) is 0 Å². The highest BCUT2D eigenvalue weighted by Gasteiger charge is 2.25. The van der Waals surface area contributed by atoms with Crippen molar-refractivity contribution >= 4 is 29.5 Å². The number of nitrogens with one attached hydrogen (secondary N) is 1. The van der Waals surface area contributed by atoms with Gasteiger partial charge in [0, 0.05) is 11.1 Å². The number of hydrogen-bond acceptors (Lipinski definition) is 9. The normalized spacial score (nSPS) is 11.3. The van der Waals surface area contributed by atoms with E-state index < -0.39 is 11.7 Å². The number of rotatable bonds is 8. The third-order valence-electron chi connectivity index (χ3n) is 4.89. The number of nitrogens with two attached hydrogens (primary N) is 1. The summed E-state index contributed by atoms with van der Waals surface area (Å²) in [7, 11) is 0. The highest BCUT2D eigenvalue weighted by Crippen LogP contribution is 2.24. The van der Waals surface area contributed by atoms with Crippen LogP contribution < -0.4 is 15.9 Å². The van der Waals surface area contributed by atoms with Gasteiger partial charge in [0.2, 0.25) is 11.6 Å². The number of carbonyl (C=O) groups excluding carboxylic acids is 1. The fourth-order valence-electron chi connectivity index (χ4n) is 3.22. The third kappa shape index (κ3) is 5.11. The first-order valence-electron chi connectivity index (χ1n) is 10.4. The maximum Gasteiger partial charge on any atom is 0.293 e. The summed E-state index contributed by atoms with van der Waals surface area (Å²) in [5, 5.41) is 19.4. The molecule has 11 nitrogen and oxygen atoms in total. The number of aromatic nitrogens is 5. The summed E-state index contributed by atoms with van der Waals surface area (Å²) in [6.07, 6.45) is 1.40. The summed E-state index contributed by atoms with van der Waals surface area (Å²) in [5.74, 6) is -0.659. The van der Waals surface area contributed by atoms with Gasteiger partial charge < -0.3 is 10.5 Å². The fraction of sp³-hybridized carbons (Fsp3) is 0.182. The van der Waals surface area contributed by atoms with Crippen LogP contribution in [0.4, 0.5) is 10.2 Å². The molecule has 0 saturated heterocycles. The molecule has 0 saturated carbocycles. The van der Waals surface area contributed by atoms with Crippen molar-refractivity contribution in [2.24, 2.45) is 5.10 Å². The molecule has 35 heavy (non-hydrogen) atoms. The number of hydrogen-bond donors (Lipinski definition) is 2. The minimum atomic E-state index is -0.595. The Labute approximate surface area is 203 Å². The second kappa shape index (κ2) is 10.3. The molecule has 2 aromatic heterocycles. The molecule has 180 valence electrons. The number of ether oxygens (including phenoxy) is 1. The van der Waals surface area contributed by atoms with Crippen LogP contribution in [0.25, 0.3) is 5.82 Å². The van der Waals surface area contributed by atoms with Crippen molar-refractivity contribution in [3.8, 4) is 11.6 Å². The second-order valence-corrected chi connectivity index (χ2v) is 8.00. The molecule has 0 aliphatic heterocycles. The van der Waals surface area contributed by atoms with E-state index in [9.17, 15) is 9.18 Å². The molecular weight excluding hydrogens is 479 g/mol. The van der Waals surface area contributed by atoms with Crippen LogP contribution in [-0.4, -0.2) is 37.4 Å². The number of anilines is 1. The largest absolute Gasteiger partial charge is 0.488 e. The Hall–Kier alpha value is -4.32. The lowest BCUT2D eigenvalue weighted by atomic mass is 10.1. The molecule has 4 rings (SSSR count). The smallest absolute Gasteiger partial charge is 0.293 e. The standard InChI is InChI=1S/C22H20ClFN8O3/c1-12(2)19-18(27-31-32(19)21-20(25)29-35-30-21)22(33)28-26-10-13-6-3-4-9-17(13)34-11-14-15(23)7-5-8-16(14)24/h3-10,12H,11H2,1-2H3,(H2,25,29)(H,28,33)/b26-10-. The van der Waals surface area contributed by atoms with Gasteiger partial charge in [-0.1, -0.05) is 48.9 Å². The van der Waals surface area contributed by atoms with Gasteiger partial charge in [0.05, 0.1) is 16.9 Å². The van der Waals surface area contributed by atoms with Crippen LogP contribution in [-0.2, 0) is 6.61 Å². The maximum absolute atomic E-state index is 14.0. The van der Waals surface area contributed by atoms with Gasteiger partial charge in [-0.05, 0) is 40.5 Å². The van der Waals surface area contributed by atoms with Gasteiger partial charge in [0.15, 0.2) is 5.69 Å². The summed E-state index contributed by atoms with van der Waals surface area (Å²) in [4.78, 5) is 12.8. The Morgan fingerprint density at radius 1 is 1.29 bits per heavy atom. The molecule has 0 aliphatic rings. The number of amides is 1. The number of carbonyl (C=O) groups is 1.